The second-order valence-corrected chi connectivity index (χ2v) is 6.50. The predicted octanol–water partition coefficient (Wildman–Crippen LogP) is 3.90. The summed E-state index contributed by atoms with van der Waals surface area (Å²) in [6, 6.07) is 11.7. The van der Waals surface area contributed by atoms with E-state index in [-0.39, 0.29) is 34.6 Å². The molecule has 0 saturated carbocycles. The van der Waals surface area contributed by atoms with Gasteiger partial charge in [-0.25, -0.2) is 18.4 Å². The smallest absolute Gasteiger partial charge is 0.276 e. The Bertz CT molecular complexity index is 1150. The highest BCUT2D eigenvalue weighted by molar-refractivity contribution is 6.31. The van der Waals surface area contributed by atoms with Crippen LogP contribution in [0.1, 0.15) is 16.1 Å². The molecule has 7 nitrogen and oxygen atoms in total. The minimum Gasteiger partial charge on any atom is -0.288 e. The first-order valence-corrected chi connectivity index (χ1v) is 8.82. The van der Waals surface area contributed by atoms with Crippen LogP contribution in [0.3, 0.4) is 0 Å². The van der Waals surface area contributed by atoms with Crippen molar-refractivity contribution in [2.75, 3.05) is 5.32 Å². The molecule has 2 heterocycles. The third kappa shape index (κ3) is 4.14. The van der Waals surface area contributed by atoms with E-state index in [9.17, 15) is 13.6 Å². The van der Waals surface area contributed by atoms with Gasteiger partial charge < -0.3 is 0 Å². The molecule has 0 unspecified atom stereocenters. The SMILES string of the molecule is O=C(Nc1ncn(Cc2c(F)cccc2Cl)n1)c1cc(-c2ccc(F)cc2)n[nH]1. The number of H-pyrrole nitrogens is 1. The number of nitrogens with zero attached hydrogens (tertiary/aromatic N) is 4. The van der Waals surface area contributed by atoms with Gasteiger partial charge >= 0.3 is 0 Å². The molecule has 2 aromatic heterocycles. The molecule has 2 N–H and O–H groups in total. The lowest BCUT2D eigenvalue weighted by Gasteiger charge is -2.05. The molecule has 0 aliphatic rings. The van der Waals surface area contributed by atoms with E-state index in [1.165, 1.54) is 41.3 Å². The summed E-state index contributed by atoms with van der Waals surface area (Å²) in [6.07, 6.45) is 1.36. The number of amides is 1. The number of carbonyl (C=O) groups excluding carboxylic acids is 1. The maximum atomic E-state index is 13.9. The minimum absolute atomic E-state index is 0.0420. The summed E-state index contributed by atoms with van der Waals surface area (Å²) >= 11 is 6.01. The van der Waals surface area contributed by atoms with Crippen molar-refractivity contribution in [3.05, 3.63) is 82.8 Å². The largest absolute Gasteiger partial charge is 0.288 e. The van der Waals surface area contributed by atoms with E-state index in [2.05, 4.69) is 25.6 Å². The van der Waals surface area contributed by atoms with Gasteiger partial charge in [0.2, 0.25) is 5.95 Å². The number of aromatic nitrogens is 5. The number of halogens is 3. The Balaban J connectivity index is 1.45. The lowest BCUT2D eigenvalue weighted by atomic mass is 10.1. The Morgan fingerprint density at radius 3 is 2.72 bits per heavy atom. The molecule has 4 aromatic rings. The Hall–Kier alpha value is -3.59. The van der Waals surface area contributed by atoms with Crippen molar-refractivity contribution in [1.29, 1.82) is 0 Å². The first-order chi connectivity index (χ1) is 14.0. The Kier molecular flexibility index (Phi) is 5.05. The normalized spacial score (nSPS) is 10.9. The van der Waals surface area contributed by atoms with E-state index in [1.807, 2.05) is 0 Å². The Morgan fingerprint density at radius 1 is 1.17 bits per heavy atom. The average molecular weight is 415 g/mol. The molecule has 146 valence electrons. The molecule has 0 spiro atoms. The fourth-order valence-electron chi connectivity index (χ4n) is 2.65. The molecular weight excluding hydrogens is 402 g/mol. The highest BCUT2D eigenvalue weighted by atomic mass is 35.5. The van der Waals surface area contributed by atoms with Crippen molar-refractivity contribution in [2.24, 2.45) is 0 Å². The Labute approximate surface area is 168 Å². The maximum Gasteiger partial charge on any atom is 0.276 e. The summed E-state index contributed by atoms with van der Waals surface area (Å²) in [7, 11) is 0. The zero-order chi connectivity index (χ0) is 20.4. The second kappa shape index (κ2) is 7.80. The summed E-state index contributed by atoms with van der Waals surface area (Å²) in [5, 5.41) is 13.6. The summed E-state index contributed by atoms with van der Waals surface area (Å²) in [4.78, 5) is 16.4. The molecule has 1 amide bonds. The number of hydrogen-bond acceptors (Lipinski definition) is 4. The highest BCUT2D eigenvalue weighted by Gasteiger charge is 2.14. The van der Waals surface area contributed by atoms with E-state index in [0.717, 1.165) is 0 Å². The third-order valence-corrected chi connectivity index (χ3v) is 4.46. The molecule has 10 heteroatoms. The van der Waals surface area contributed by atoms with Crippen molar-refractivity contribution in [2.45, 2.75) is 6.54 Å². The van der Waals surface area contributed by atoms with Gasteiger partial charge in [0, 0.05) is 16.1 Å². The van der Waals surface area contributed by atoms with Crippen LogP contribution in [0.15, 0.2) is 54.9 Å². The molecular formula is C19H13ClF2N6O. The van der Waals surface area contributed by atoms with Gasteiger partial charge in [0.05, 0.1) is 12.2 Å². The van der Waals surface area contributed by atoms with Crippen molar-refractivity contribution in [3.63, 3.8) is 0 Å². The molecule has 0 atom stereocenters. The van der Waals surface area contributed by atoms with E-state index in [0.29, 0.717) is 11.3 Å². The van der Waals surface area contributed by atoms with E-state index in [4.69, 9.17) is 11.6 Å². The highest BCUT2D eigenvalue weighted by Crippen LogP contribution is 2.20. The molecule has 0 radical (unpaired) electrons. The molecule has 4 rings (SSSR count). The van der Waals surface area contributed by atoms with Crippen LogP contribution < -0.4 is 5.32 Å². The van der Waals surface area contributed by atoms with Gasteiger partial charge in [-0.05, 0) is 42.5 Å². The number of benzene rings is 2. The zero-order valence-electron chi connectivity index (χ0n) is 14.7. The van der Waals surface area contributed by atoms with Gasteiger partial charge in [-0.2, -0.15) is 5.10 Å². The zero-order valence-corrected chi connectivity index (χ0v) is 15.5. The summed E-state index contributed by atoms with van der Waals surface area (Å²) < 4.78 is 28.3. The van der Waals surface area contributed by atoms with Gasteiger partial charge in [0.25, 0.3) is 5.91 Å². The predicted molar refractivity (Wildman–Crippen MR) is 102 cm³/mol. The lowest BCUT2D eigenvalue weighted by Crippen LogP contribution is -2.14. The topological polar surface area (TPSA) is 88.5 Å². The molecule has 0 fully saturated rings. The van der Waals surface area contributed by atoms with Crippen LogP contribution in [0, 0.1) is 11.6 Å². The van der Waals surface area contributed by atoms with Crippen LogP contribution in [-0.4, -0.2) is 30.9 Å². The van der Waals surface area contributed by atoms with Gasteiger partial charge in [0.15, 0.2) is 0 Å². The number of nitrogens with one attached hydrogen (secondary N) is 2. The fourth-order valence-corrected chi connectivity index (χ4v) is 2.87. The average Bonchev–Trinajstić information content (AvgIpc) is 3.35. The Morgan fingerprint density at radius 2 is 1.97 bits per heavy atom. The van der Waals surface area contributed by atoms with Crippen molar-refractivity contribution < 1.29 is 13.6 Å². The maximum absolute atomic E-state index is 13.9. The standard InChI is InChI=1S/C19H13ClF2N6O/c20-14-2-1-3-15(22)13(14)9-28-10-23-19(27-28)24-18(29)17-8-16(25-26-17)11-4-6-12(21)7-5-11/h1-8,10H,9H2,(H,25,26)(H,24,27,29). The van der Waals surface area contributed by atoms with Crippen LogP contribution >= 0.6 is 11.6 Å². The second-order valence-electron chi connectivity index (χ2n) is 6.09. The number of carbonyl (C=O) groups is 1. The first kappa shape index (κ1) is 18.8. The quantitative estimate of drug-likeness (QED) is 0.518. The number of hydrogen-bond donors (Lipinski definition) is 2. The minimum atomic E-state index is -0.507. The molecule has 2 aromatic carbocycles. The molecule has 29 heavy (non-hydrogen) atoms. The van der Waals surface area contributed by atoms with E-state index in [1.54, 1.807) is 18.2 Å². The van der Waals surface area contributed by atoms with Crippen LogP contribution in [0.2, 0.25) is 5.02 Å². The lowest BCUT2D eigenvalue weighted by molar-refractivity contribution is 0.102. The number of aromatic amines is 1. The monoisotopic (exact) mass is 414 g/mol. The van der Waals surface area contributed by atoms with Crippen LogP contribution in [-0.2, 0) is 6.54 Å². The van der Waals surface area contributed by atoms with Crippen molar-refractivity contribution in [1.82, 2.24) is 25.0 Å². The van der Waals surface area contributed by atoms with E-state index < -0.39 is 11.7 Å². The van der Waals surface area contributed by atoms with Gasteiger partial charge in [-0.1, -0.05) is 17.7 Å². The van der Waals surface area contributed by atoms with Crippen LogP contribution in [0.25, 0.3) is 11.3 Å². The number of anilines is 1. The summed E-state index contributed by atoms with van der Waals surface area (Å²) in [5.74, 6) is -1.28. The van der Waals surface area contributed by atoms with Gasteiger partial charge in [-0.3, -0.25) is 15.2 Å². The van der Waals surface area contributed by atoms with Crippen molar-refractivity contribution in [3.8, 4) is 11.3 Å². The van der Waals surface area contributed by atoms with Gasteiger partial charge in [-0.15, -0.1) is 5.10 Å². The fraction of sp³-hybridized carbons (Fsp3) is 0.0526. The van der Waals surface area contributed by atoms with Crippen LogP contribution in [0.4, 0.5) is 14.7 Å². The molecule has 0 aliphatic heterocycles. The molecule has 0 bridgehead atoms. The summed E-state index contributed by atoms with van der Waals surface area (Å²) in [6.45, 7) is 0.0626. The number of rotatable bonds is 5. The summed E-state index contributed by atoms with van der Waals surface area (Å²) in [5.41, 5.74) is 1.60. The van der Waals surface area contributed by atoms with Crippen molar-refractivity contribution >= 4 is 23.5 Å². The third-order valence-electron chi connectivity index (χ3n) is 4.11. The first-order valence-electron chi connectivity index (χ1n) is 8.44. The molecule has 0 aliphatic carbocycles. The van der Waals surface area contributed by atoms with Gasteiger partial charge in [0.1, 0.15) is 23.7 Å². The van der Waals surface area contributed by atoms with Crippen LogP contribution in [0.5, 0.6) is 0 Å². The molecule has 0 saturated heterocycles. The van der Waals surface area contributed by atoms with E-state index >= 15 is 0 Å².